The summed E-state index contributed by atoms with van der Waals surface area (Å²) in [6.45, 7) is 9.07. The van der Waals surface area contributed by atoms with Crippen LogP contribution in [-0.2, 0) is 0 Å². The lowest BCUT2D eigenvalue weighted by atomic mass is 9.95. The molecule has 2 fully saturated rings. The topological polar surface area (TPSA) is 61.4 Å². The number of nitrogens with one attached hydrogen (secondary N) is 1. The Morgan fingerprint density at radius 2 is 1.80 bits per heavy atom. The summed E-state index contributed by atoms with van der Waals surface area (Å²) in [5.74, 6) is 1.46. The van der Waals surface area contributed by atoms with Gasteiger partial charge in [-0.3, -0.25) is 14.7 Å². The molecule has 4 rings (SSSR count). The molecule has 1 aromatic carbocycles. The molecule has 1 atom stereocenters. The van der Waals surface area contributed by atoms with Gasteiger partial charge in [-0.05, 0) is 57.2 Å². The zero-order valence-corrected chi connectivity index (χ0v) is 18.2. The van der Waals surface area contributed by atoms with Gasteiger partial charge in [0.15, 0.2) is 0 Å². The van der Waals surface area contributed by atoms with Crippen LogP contribution in [0.1, 0.15) is 60.3 Å². The van der Waals surface area contributed by atoms with E-state index in [9.17, 15) is 4.79 Å². The van der Waals surface area contributed by atoms with Crippen molar-refractivity contribution in [2.75, 3.05) is 38.0 Å². The molecule has 6 heteroatoms. The summed E-state index contributed by atoms with van der Waals surface area (Å²) in [5, 5.41) is 3.47. The van der Waals surface area contributed by atoms with Gasteiger partial charge in [0.05, 0.1) is 18.4 Å². The maximum atomic E-state index is 12.7. The Morgan fingerprint density at radius 1 is 1.10 bits per heavy atom. The minimum Gasteiger partial charge on any atom is -0.367 e. The minimum atomic E-state index is -0.0104. The minimum absolute atomic E-state index is 0.0104. The second kappa shape index (κ2) is 9.56. The second-order valence-electron chi connectivity index (χ2n) is 8.81. The molecule has 1 aromatic heterocycles. The molecule has 0 spiro atoms. The first-order chi connectivity index (χ1) is 14.6. The fourth-order valence-electron chi connectivity index (χ4n) is 4.42. The number of hydrogen-bond acceptors (Lipinski definition) is 5. The van der Waals surface area contributed by atoms with Crippen LogP contribution in [0, 0.1) is 12.8 Å². The standard InChI is InChI=1S/C24H33N5O/c1-18-5-7-20(8-6-18)22(28-13-9-19(2)10-14-28)16-26-23-17-25-15-21(27-23)24(30)29-11-3-4-12-29/h5-8,15,17,19,22H,3-4,9-14,16H2,1-2H3,(H,26,27). The predicted octanol–water partition coefficient (Wildman–Crippen LogP) is 3.91. The number of nitrogens with zero attached hydrogens (tertiary/aromatic N) is 4. The van der Waals surface area contributed by atoms with Gasteiger partial charge in [-0.15, -0.1) is 0 Å². The fraction of sp³-hybridized carbons (Fsp3) is 0.542. The zero-order valence-electron chi connectivity index (χ0n) is 18.2. The van der Waals surface area contributed by atoms with Gasteiger partial charge < -0.3 is 10.2 Å². The highest BCUT2D eigenvalue weighted by atomic mass is 16.2. The average Bonchev–Trinajstić information content (AvgIpc) is 3.31. The van der Waals surface area contributed by atoms with Gasteiger partial charge in [-0.1, -0.05) is 36.8 Å². The van der Waals surface area contributed by atoms with Crippen molar-refractivity contribution in [2.45, 2.75) is 45.6 Å². The zero-order chi connectivity index (χ0) is 20.9. The van der Waals surface area contributed by atoms with E-state index >= 15 is 0 Å². The van der Waals surface area contributed by atoms with Gasteiger partial charge in [0.1, 0.15) is 11.5 Å². The molecule has 1 amide bonds. The van der Waals surface area contributed by atoms with Crippen molar-refractivity contribution in [3.05, 3.63) is 53.5 Å². The highest BCUT2D eigenvalue weighted by molar-refractivity contribution is 5.92. The van der Waals surface area contributed by atoms with E-state index in [-0.39, 0.29) is 11.9 Å². The van der Waals surface area contributed by atoms with E-state index in [1.54, 1.807) is 12.4 Å². The third kappa shape index (κ3) is 4.98. The molecule has 0 saturated carbocycles. The summed E-state index contributed by atoms with van der Waals surface area (Å²) < 4.78 is 0. The smallest absolute Gasteiger partial charge is 0.274 e. The highest BCUT2D eigenvalue weighted by Crippen LogP contribution is 2.27. The third-order valence-corrected chi connectivity index (χ3v) is 6.44. The number of piperidine rings is 1. The van der Waals surface area contributed by atoms with E-state index in [0.717, 1.165) is 51.5 Å². The number of hydrogen-bond donors (Lipinski definition) is 1. The van der Waals surface area contributed by atoms with Crippen LogP contribution in [0.3, 0.4) is 0 Å². The molecule has 0 aliphatic carbocycles. The molecule has 2 aliphatic heterocycles. The molecule has 3 heterocycles. The lowest BCUT2D eigenvalue weighted by Gasteiger charge is -2.37. The Balaban J connectivity index is 1.47. The predicted molar refractivity (Wildman–Crippen MR) is 120 cm³/mol. The molecule has 1 N–H and O–H groups in total. The second-order valence-corrected chi connectivity index (χ2v) is 8.81. The Labute approximate surface area is 179 Å². The van der Waals surface area contributed by atoms with E-state index in [0.29, 0.717) is 11.5 Å². The Bertz CT molecular complexity index is 839. The summed E-state index contributed by atoms with van der Waals surface area (Å²) in [5.41, 5.74) is 3.03. The first kappa shape index (κ1) is 20.8. The summed E-state index contributed by atoms with van der Waals surface area (Å²) in [7, 11) is 0. The average molecular weight is 408 g/mol. The highest BCUT2D eigenvalue weighted by Gasteiger charge is 2.25. The maximum Gasteiger partial charge on any atom is 0.274 e. The van der Waals surface area contributed by atoms with E-state index in [1.807, 2.05) is 4.90 Å². The number of carbonyl (C=O) groups is 1. The van der Waals surface area contributed by atoms with Crippen LogP contribution in [-0.4, -0.2) is 58.4 Å². The summed E-state index contributed by atoms with van der Waals surface area (Å²) in [6, 6.07) is 9.11. The summed E-state index contributed by atoms with van der Waals surface area (Å²) in [6.07, 6.45) is 7.91. The number of amides is 1. The van der Waals surface area contributed by atoms with Crippen LogP contribution in [0.5, 0.6) is 0 Å². The number of aryl methyl sites for hydroxylation is 1. The van der Waals surface area contributed by atoms with Gasteiger partial charge in [0.25, 0.3) is 5.91 Å². The quantitative estimate of drug-likeness (QED) is 0.787. The largest absolute Gasteiger partial charge is 0.367 e. The fourth-order valence-corrected chi connectivity index (χ4v) is 4.42. The lowest BCUT2D eigenvalue weighted by Crippen LogP contribution is -2.39. The van der Waals surface area contributed by atoms with Gasteiger partial charge >= 0.3 is 0 Å². The molecule has 2 aliphatic rings. The maximum absolute atomic E-state index is 12.7. The lowest BCUT2D eigenvalue weighted by molar-refractivity contribution is 0.0786. The van der Waals surface area contributed by atoms with Crippen molar-refractivity contribution in [3.63, 3.8) is 0 Å². The van der Waals surface area contributed by atoms with Crippen molar-refractivity contribution in [3.8, 4) is 0 Å². The first-order valence-corrected chi connectivity index (χ1v) is 11.3. The number of aromatic nitrogens is 2. The van der Waals surface area contributed by atoms with E-state index in [1.165, 1.54) is 24.0 Å². The van der Waals surface area contributed by atoms with E-state index in [4.69, 9.17) is 0 Å². The molecule has 0 radical (unpaired) electrons. The first-order valence-electron chi connectivity index (χ1n) is 11.3. The van der Waals surface area contributed by atoms with Gasteiger partial charge in [0, 0.05) is 19.6 Å². The van der Waals surface area contributed by atoms with Crippen LogP contribution in [0.25, 0.3) is 0 Å². The van der Waals surface area contributed by atoms with Crippen LogP contribution in [0.2, 0.25) is 0 Å². The van der Waals surface area contributed by atoms with E-state index < -0.39 is 0 Å². The van der Waals surface area contributed by atoms with Gasteiger partial charge in [-0.2, -0.15) is 0 Å². The monoisotopic (exact) mass is 407 g/mol. The van der Waals surface area contributed by atoms with Gasteiger partial charge in [0.2, 0.25) is 0 Å². The molecular weight excluding hydrogens is 374 g/mol. The third-order valence-electron chi connectivity index (χ3n) is 6.44. The number of anilines is 1. The molecule has 0 bridgehead atoms. The van der Waals surface area contributed by atoms with Crippen LogP contribution >= 0.6 is 0 Å². The summed E-state index contributed by atoms with van der Waals surface area (Å²) >= 11 is 0. The molecule has 2 saturated heterocycles. The SMILES string of the molecule is Cc1ccc(C(CNc2cncc(C(=O)N3CCCC3)n2)N2CCC(C)CC2)cc1. The number of rotatable bonds is 6. The Morgan fingerprint density at radius 3 is 2.50 bits per heavy atom. The van der Waals surface area contributed by atoms with Crippen LogP contribution < -0.4 is 5.32 Å². The van der Waals surface area contributed by atoms with E-state index in [2.05, 4.69) is 58.3 Å². The Kier molecular flexibility index (Phi) is 6.62. The molecule has 1 unspecified atom stereocenters. The molecule has 160 valence electrons. The number of carbonyl (C=O) groups excluding carboxylic acids is 1. The number of likely N-dealkylation sites (tertiary alicyclic amines) is 2. The van der Waals surface area contributed by atoms with Crippen molar-refractivity contribution in [1.82, 2.24) is 19.8 Å². The molecule has 2 aromatic rings. The molecular formula is C24H33N5O. The molecule has 30 heavy (non-hydrogen) atoms. The van der Waals surface area contributed by atoms with Crippen LogP contribution in [0.4, 0.5) is 5.82 Å². The van der Waals surface area contributed by atoms with Crippen molar-refractivity contribution in [2.24, 2.45) is 5.92 Å². The van der Waals surface area contributed by atoms with Crippen LogP contribution in [0.15, 0.2) is 36.7 Å². The van der Waals surface area contributed by atoms with Crippen molar-refractivity contribution >= 4 is 11.7 Å². The normalized spacial score (nSPS) is 19.1. The molecule has 6 nitrogen and oxygen atoms in total. The van der Waals surface area contributed by atoms with Gasteiger partial charge in [-0.25, -0.2) is 4.98 Å². The number of benzene rings is 1. The van der Waals surface area contributed by atoms with Crippen molar-refractivity contribution in [1.29, 1.82) is 0 Å². The van der Waals surface area contributed by atoms with Crippen molar-refractivity contribution < 1.29 is 4.79 Å². The Hall–Kier alpha value is -2.47. The summed E-state index contributed by atoms with van der Waals surface area (Å²) in [4.78, 5) is 25.9.